The molecule has 170 valence electrons. The number of urea groups is 1. The van der Waals surface area contributed by atoms with Crippen molar-refractivity contribution in [2.24, 2.45) is 5.41 Å². The van der Waals surface area contributed by atoms with Gasteiger partial charge in [-0.1, -0.05) is 39.8 Å². The Kier molecular flexibility index (Phi) is 8.21. The standard InChI is InChI=1S/C23H33N3O5/c1-7-12-26-15(2)18(20(27)31-14-13-30-6)19(25-22(26)29)16-8-10-17(11-9-16)24-21(28)23(3,4)5/h8-11,19H,7,12-14H2,1-6H3,(H,24,28)(H,25,29)/t19-/m1/s1. The van der Waals surface area contributed by atoms with Crippen LogP contribution in [0.3, 0.4) is 0 Å². The largest absolute Gasteiger partial charge is 0.460 e. The molecule has 2 rings (SSSR count). The molecule has 1 atom stereocenters. The number of benzene rings is 1. The van der Waals surface area contributed by atoms with Crippen LogP contribution in [0.25, 0.3) is 0 Å². The number of nitrogens with one attached hydrogen (secondary N) is 2. The molecule has 1 aromatic carbocycles. The first-order chi connectivity index (χ1) is 14.6. The zero-order valence-corrected chi connectivity index (χ0v) is 19.2. The summed E-state index contributed by atoms with van der Waals surface area (Å²) < 4.78 is 10.3. The zero-order chi connectivity index (χ0) is 23.2. The third kappa shape index (κ3) is 6.07. The van der Waals surface area contributed by atoms with Gasteiger partial charge in [-0.25, -0.2) is 9.59 Å². The first-order valence-corrected chi connectivity index (χ1v) is 10.5. The van der Waals surface area contributed by atoms with E-state index in [1.165, 1.54) is 7.11 Å². The number of nitrogens with zero attached hydrogens (tertiary/aromatic N) is 1. The molecule has 0 saturated heterocycles. The van der Waals surface area contributed by atoms with Crippen LogP contribution >= 0.6 is 0 Å². The van der Waals surface area contributed by atoms with Crippen molar-refractivity contribution >= 4 is 23.6 Å². The molecular formula is C23H33N3O5. The number of allylic oxidation sites excluding steroid dienone is 1. The van der Waals surface area contributed by atoms with Gasteiger partial charge in [0.05, 0.1) is 18.2 Å². The van der Waals surface area contributed by atoms with Crippen molar-refractivity contribution in [3.05, 3.63) is 41.1 Å². The number of anilines is 1. The number of carbonyl (C=O) groups excluding carboxylic acids is 3. The number of rotatable bonds is 8. The number of methoxy groups -OCH3 is 1. The lowest BCUT2D eigenvalue weighted by molar-refractivity contribution is -0.141. The smallest absolute Gasteiger partial charge is 0.338 e. The molecule has 2 N–H and O–H groups in total. The van der Waals surface area contributed by atoms with Crippen LogP contribution in [0.4, 0.5) is 10.5 Å². The minimum atomic E-state index is -0.650. The van der Waals surface area contributed by atoms with Crippen LogP contribution in [-0.2, 0) is 19.1 Å². The lowest BCUT2D eigenvalue weighted by Crippen LogP contribution is -2.48. The molecule has 1 heterocycles. The van der Waals surface area contributed by atoms with Gasteiger partial charge in [0.2, 0.25) is 5.91 Å². The second-order valence-corrected chi connectivity index (χ2v) is 8.49. The van der Waals surface area contributed by atoms with Crippen LogP contribution in [0.15, 0.2) is 35.5 Å². The van der Waals surface area contributed by atoms with E-state index in [0.29, 0.717) is 23.5 Å². The van der Waals surface area contributed by atoms with E-state index in [-0.39, 0.29) is 25.2 Å². The highest BCUT2D eigenvalue weighted by Gasteiger charge is 2.36. The van der Waals surface area contributed by atoms with E-state index in [4.69, 9.17) is 9.47 Å². The van der Waals surface area contributed by atoms with E-state index < -0.39 is 17.4 Å². The summed E-state index contributed by atoms with van der Waals surface area (Å²) >= 11 is 0. The van der Waals surface area contributed by atoms with Crippen molar-refractivity contribution in [2.75, 3.05) is 32.2 Å². The first-order valence-electron chi connectivity index (χ1n) is 10.5. The van der Waals surface area contributed by atoms with Crippen LogP contribution in [0.1, 0.15) is 52.6 Å². The summed E-state index contributed by atoms with van der Waals surface area (Å²) in [4.78, 5) is 39.3. The van der Waals surface area contributed by atoms with Crippen molar-refractivity contribution in [1.82, 2.24) is 10.2 Å². The third-order valence-corrected chi connectivity index (χ3v) is 4.97. The number of esters is 1. The van der Waals surface area contributed by atoms with E-state index in [0.717, 1.165) is 12.0 Å². The summed E-state index contributed by atoms with van der Waals surface area (Å²) in [6, 6.07) is 6.17. The molecule has 0 unspecified atom stereocenters. The summed E-state index contributed by atoms with van der Waals surface area (Å²) in [6.07, 6.45) is 0.754. The fourth-order valence-electron chi connectivity index (χ4n) is 3.16. The Hall–Kier alpha value is -2.87. The molecule has 3 amide bonds. The molecule has 0 radical (unpaired) electrons. The maximum absolute atomic E-state index is 12.9. The Morgan fingerprint density at radius 1 is 1.16 bits per heavy atom. The van der Waals surface area contributed by atoms with E-state index >= 15 is 0 Å². The molecule has 0 aliphatic carbocycles. The maximum atomic E-state index is 12.9. The van der Waals surface area contributed by atoms with Gasteiger partial charge in [0, 0.05) is 30.5 Å². The Bertz CT molecular complexity index is 840. The number of hydrogen-bond acceptors (Lipinski definition) is 5. The molecule has 0 aromatic heterocycles. The Balaban J connectivity index is 2.34. The SMILES string of the molecule is CCCN1C(=O)N[C@H](c2ccc(NC(=O)C(C)(C)C)cc2)C(C(=O)OCCOC)=C1C. The van der Waals surface area contributed by atoms with Gasteiger partial charge in [0.1, 0.15) is 6.61 Å². The summed E-state index contributed by atoms with van der Waals surface area (Å²) in [5, 5.41) is 5.78. The van der Waals surface area contributed by atoms with E-state index in [2.05, 4.69) is 10.6 Å². The van der Waals surface area contributed by atoms with Gasteiger partial charge in [0.25, 0.3) is 0 Å². The number of amides is 3. The Labute approximate surface area is 184 Å². The van der Waals surface area contributed by atoms with Crippen molar-refractivity contribution in [2.45, 2.75) is 47.1 Å². The van der Waals surface area contributed by atoms with Crippen LogP contribution in [0.5, 0.6) is 0 Å². The molecule has 1 aliphatic heterocycles. The Morgan fingerprint density at radius 2 is 1.81 bits per heavy atom. The summed E-state index contributed by atoms with van der Waals surface area (Å²) in [7, 11) is 1.53. The maximum Gasteiger partial charge on any atom is 0.338 e. The van der Waals surface area contributed by atoms with Gasteiger partial charge in [-0.3, -0.25) is 9.69 Å². The molecule has 8 nitrogen and oxygen atoms in total. The normalized spacial score (nSPS) is 16.8. The van der Waals surface area contributed by atoms with Crippen molar-refractivity contribution < 1.29 is 23.9 Å². The van der Waals surface area contributed by atoms with Crippen LogP contribution < -0.4 is 10.6 Å². The topological polar surface area (TPSA) is 97.0 Å². The van der Waals surface area contributed by atoms with Crippen molar-refractivity contribution in [3.8, 4) is 0 Å². The second-order valence-electron chi connectivity index (χ2n) is 8.49. The molecule has 31 heavy (non-hydrogen) atoms. The fraction of sp³-hybridized carbons (Fsp3) is 0.522. The Morgan fingerprint density at radius 3 is 2.35 bits per heavy atom. The molecule has 0 saturated carbocycles. The monoisotopic (exact) mass is 431 g/mol. The van der Waals surface area contributed by atoms with Crippen LogP contribution in [0.2, 0.25) is 0 Å². The van der Waals surface area contributed by atoms with E-state index in [1.807, 2.05) is 27.7 Å². The molecule has 0 fully saturated rings. The van der Waals surface area contributed by atoms with E-state index in [1.54, 1.807) is 36.1 Å². The van der Waals surface area contributed by atoms with Gasteiger partial charge in [-0.05, 0) is 31.0 Å². The van der Waals surface area contributed by atoms with Crippen molar-refractivity contribution in [3.63, 3.8) is 0 Å². The number of carbonyl (C=O) groups is 3. The highest BCUT2D eigenvalue weighted by molar-refractivity contribution is 5.96. The van der Waals surface area contributed by atoms with Gasteiger partial charge < -0.3 is 20.1 Å². The quantitative estimate of drug-likeness (QED) is 0.484. The summed E-state index contributed by atoms with van der Waals surface area (Å²) in [5.74, 6) is -0.592. The lowest BCUT2D eigenvalue weighted by atomic mass is 9.94. The second kappa shape index (κ2) is 10.4. The summed E-state index contributed by atoms with van der Waals surface area (Å²) in [6.45, 7) is 10.1. The molecule has 1 aromatic rings. The predicted molar refractivity (Wildman–Crippen MR) is 118 cm³/mol. The van der Waals surface area contributed by atoms with Crippen molar-refractivity contribution in [1.29, 1.82) is 0 Å². The molecule has 0 bridgehead atoms. The van der Waals surface area contributed by atoms with Crippen LogP contribution in [-0.4, -0.2) is 49.7 Å². The lowest BCUT2D eigenvalue weighted by Gasteiger charge is -2.35. The first kappa shape index (κ1) is 24.4. The molecule has 8 heteroatoms. The minimum absolute atomic E-state index is 0.0976. The van der Waals surface area contributed by atoms with Crippen LogP contribution in [0, 0.1) is 5.41 Å². The molecule has 0 spiro atoms. The number of ether oxygens (including phenoxy) is 2. The highest BCUT2D eigenvalue weighted by atomic mass is 16.6. The van der Waals surface area contributed by atoms with E-state index in [9.17, 15) is 14.4 Å². The minimum Gasteiger partial charge on any atom is -0.460 e. The third-order valence-electron chi connectivity index (χ3n) is 4.97. The highest BCUT2D eigenvalue weighted by Crippen LogP contribution is 2.32. The average molecular weight is 432 g/mol. The van der Waals surface area contributed by atoms with Gasteiger partial charge in [-0.2, -0.15) is 0 Å². The fourth-order valence-corrected chi connectivity index (χ4v) is 3.16. The molecular weight excluding hydrogens is 398 g/mol. The average Bonchev–Trinajstić information content (AvgIpc) is 2.70. The summed E-state index contributed by atoms with van der Waals surface area (Å²) in [5.41, 5.74) is 1.80. The van der Waals surface area contributed by atoms with Gasteiger partial charge in [-0.15, -0.1) is 0 Å². The predicted octanol–water partition coefficient (Wildman–Crippen LogP) is 3.61. The molecule has 1 aliphatic rings. The van der Waals surface area contributed by atoms with Gasteiger partial charge in [0.15, 0.2) is 0 Å². The zero-order valence-electron chi connectivity index (χ0n) is 19.2. The number of hydrogen-bond donors (Lipinski definition) is 2. The van der Waals surface area contributed by atoms with Gasteiger partial charge >= 0.3 is 12.0 Å².